The van der Waals surface area contributed by atoms with Crippen LogP contribution in [0.4, 0.5) is 5.13 Å². The van der Waals surface area contributed by atoms with Crippen molar-refractivity contribution < 1.29 is 4.79 Å². The van der Waals surface area contributed by atoms with Gasteiger partial charge in [0.1, 0.15) is 5.69 Å². The fourth-order valence-electron chi connectivity index (χ4n) is 2.79. The van der Waals surface area contributed by atoms with Crippen LogP contribution >= 0.6 is 11.3 Å². The molecule has 116 valence electrons. The van der Waals surface area contributed by atoms with Crippen LogP contribution in [-0.2, 0) is 0 Å². The molecule has 2 saturated heterocycles. The Morgan fingerprint density at radius 3 is 2.62 bits per heavy atom. The second kappa shape index (κ2) is 6.72. The summed E-state index contributed by atoms with van der Waals surface area (Å²) >= 11 is 1.59. The van der Waals surface area contributed by atoms with E-state index < -0.39 is 0 Å². The van der Waals surface area contributed by atoms with Crippen LogP contribution in [0.2, 0.25) is 0 Å². The van der Waals surface area contributed by atoms with E-state index in [1.54, 1.807) is 11.3 Å². The summed E-state index contributed by atoms with van der Waals surface area (Å²) in [6.45, 7) is 10.8. The Balaban J connectivity index is 1.62. The van der Waals surface area contributed by atoms with Gasteiger partial charge in [-0.3, -0.25) is 4.79 Å². The molecule has 1 aromatic rings. The monoisotopic (exact) mass is 309 g/mol. The molecule has 1 N–H and O–H groups in total. The molecule has 1 aromatic heterocycles. The quantitative estimate of drug-likeness (QED) is 0.872. The molecule has 0 spiro atoms. The second-order valence-electron chi connectivity index (χ2n) is 5.48. The molecule has 0 aliphatic carbocycles. The van der Waals surface area contributed by atoms with Gasteiger partial charge in [0, 0.05) is 57.7 Å². The van der Waals surface area contributed by atoms with Crippen molar-refractivity contribution in [3.05, 3.63) is 11.1 Å². The van der Waals surface area contributed by atoms with Gasteiger partial charge in [-0.1, -0.05) is 6.92 Å². The molecule has 3 heterocycles. The van der Waals surface area contributed by atoms with E-state index in [-0.39, 0.29) is 5.91 Å². The molecule has 0 radical (unpaired) electrons. The lowest BCUT2D eigenvalue weighted by atomic mass is 10.3. The lowest BCUT2D eigenvalue weighted by molar-refractivity contribution is 0.0730. The Morgan fingerprint density at radius 2 is 1.95 bits per heavy atom. The maximum Gasteiger partial charge on any atom is 0.273 e. The molecule has 0 bridgehead atoms. The predicted molar refractivity (Wildman–Crippen MR) is 85.2 cm³/mol. The van der Waals surface area contributed by atoms with Crippen LogP contribution < -0.4 is 10.2 Å². The highest BCUT2D eigenvalue weighted by Gasteiger charge is 2.23. The number of anilines is 1. The van der Waals surface area contributed by atoms with Gasteiger partial charge >= 0.3 is 0 Å². The third-order valence-electron chi connectivity index (χ3n) is 4.21. The minimum Gasteiger partial charge on any atom is -0.346 e. The number of thiazole rings is 1. The molecule has 3 rings (SSSR count). The van der Waals surface area contributed by atoms with Crippen molar-refractivity contribution in [1.29, 1.82) is 0 Å². The van der Waals surface area contributed by atoms with Crippen LogP contribution in [0.5, 0.6) is 0 Å². The smallest absolute Gasteiger partial charge is 0.273 e. The van der Waals surface area contributed by atoms with Gasteiger partial charge in [-0.05, 0) is 6.54 Å². The van der Waals surface area contributed by atoms with Crippen molar-refractivity contribution in [3.63, 3.8) is 0 Å². The van der Waals surface area contributed by atoms with Crippen LogP contribution in [0, 0.1) is 0 Å². The summed E-state index contributed by atoms with van der Waals surface area (Å²) in [6, 6.07) is 0. The molecular weight excluding hydrogens is 286 g/mol. The molecule has 2 fully saturated rings. The largest absolute Gasteiger partial charge is 0.346 e. The first kappa shape index (κ1) is 14.7. The normalized spacial score (nSPS) is 20.8. The summed E-state index contributed by atoms with van der Waals surface area (Å²) in [5.41, 5.74) is 0.606. The van der Waals surface area contributed by atoms with Crippen molar-refractivity contribution >= 4 is 22.4 Å². The number of hydrogen-bond donors (Lipinski definition) is 1. The van der Waals surface area contributed by atoms with Crippen molar-refractivity contribution in [1.82, 2.24) is 20.1 Å². The number of carbonyl (C=O) groups is 1. The van der Waals surface area contributed by atoms with Gasteiger partial charge in [0.15, 0.2) is 5.13 Å². The lowest BCUT2D eigenvalue weighted by Crippen LogP contribution is -2.47. The summed E-state index contributed by atoms with van der Waals surface area (Å²) in [5.74, 6) is 0.0752. The number of likely N-dealkylation sites (N-methyl/N-ethyl adjacent to an activating group) is 1. The van der Waals surface area contributed by atoms with Gasteiger partial charge in [0.2, 0.25) is 0 Å². The van der Waals surface area contributed by atoms with Crippen molar-refractivity contribution in [2.75, 3.05) is 63.8 Å². The molecule has 6 nitrogen and oxygen atoms in total. The molecule has 0 atom stereocenters. The average Bonchev–Trinajstić information content (AvgIpc) is 3.05. The molecule has 0 saturated carbocycles. The molecule has 0 aromatic carbocycles. The van der Waals surface area contributed by atoms with Crippen molar-refractivity contribution in [2.24, 2.45) is 0 Å². The van der Waals surface area contributed by atoms with E-state index in [1.165, 1.54) is 0 Å². The number of nitrogens with zero attached hydrogens (tertiary/aromatic N) is 4. The Bertz CT molecular complexity index is 477. The van der Waals surface area contributed by atoms with Gasteiger partial charge in [-0.2, -0.15) is 0 Å². The van der Waals surface area contributed by atoms with E-state index in [0.717, 1.165) is 64.0 Å². The Morgan fingerprint density at radius 1 is 1.24 bits per heavy atom. The topological polar surface area (TPSA) is 51.7 Å². The zero-order chi connectivity index (χ0) is 14.7. The van der Waals surface area contributed by atoms with E-state index in [2.05, 4.69) is 27.0 Å². The summed E-state index contributed by atoms with van der Waals surface area (Å²) in [7, 11) is 0. The van der Waals surface area contributed by atoms with Gasteiger partial charge in [-0.25, -0.2) is 4.98 Å². The predicted octanol–water partition coefficient (Wildman–Crippen LogP) is 0.330. The first-order valence-corrected chi connectivity index (χ1v) is 8.58. The maximum absolute atomic E-state index is 12.4. The van der Waals surface area contributed by atoms with E-state index in [0.29, 0.717) is 5.69 Å². The van der Waals surface area contributed by atoms with E-state index >= 15 is 0 Å². The third-order valence-corrected chi connectivity index (χ3v) is 5.11. The van der Waals surface area contributed by atoms with Crippen LogP contribution in [-0.4, -0.2) is 79.6 Å². The van der Waals surface area contributed by atoms with Gasteiger partial charge in [0.05, 0.1) is 0 Å². The minimum atomic E-state index is 0.0752. The summed E-state index contributed by atoms with van der Waals surface area (Å²) in [5, 5.41) is 6.16. The van der Waals surface area contributed by atoms with Gasteiger partial charge in [-0.15, -0.1) is 11.3 Å². The van der Waals surface area contributed by atoms with E-state index in [1.807, 2.05) is 10.3 Å². The Kier molecular flexibility index (Phi) is 4.72. The minimum absolute atomic E-state index is 0.0752. The van der Waals surface area contributed by atoms with Crippen LogP contribution in [0.3, 0.4) is 0 Å². The number of amides is 1. The summed E-state index contributed by atoms with van der Waals surface area (Å²) in [6.07, 6.45) is 0. The highest BCUT2D eigenvalue weighted by Crippen LogP contribution is 2.22. The number of nitrogens with one attached hydrogen (secondary N) is 1. The standard InChI is InChI=1S/C14H23N5OS/c1-2-17-7-9-19(10-8-17)14-16-12(11-21-14)13(20)18-5-3-15-4-6-18/h11,15H,2-10H2,1H3. The van der Waals surface area contributed by atoms with Gasteiger partial charge in [0.25, 0.3) is 5.91 Å². The molecular formula is C14H23N5OS. The summed E-state index contributed by atoms with van der Waals surface area (Å²) < 4.78 is 0. The van der Waals surface area contributed by atoms with Crippen LogP contribution in [0.15, 0.2) is 5.38 Å². The zero-order valence-corrected chi connectivity index (χ0v) is 13.4. The third kappa shape index (κ3) is 3.36. The molecule has 7 heteroatoms. The molecule has 2 aliphatic heterocycles. The maximum atomic E-state index is 12.4. The highest BCUT2D eigenvalue weighted by atomic mass is 32.1. The van der Waals surface area contributed by atoms with Crippen molar-refractivity contribution in [2.45, 2.75) is 6.92 Å². The SMILES string of the molecule is CCN1CCN(c2nc(C(=O)N3CCNCC3)cs2)CC1. The molecule has 1 amide bonds. The van der Waals surface area contributed by atoms with Crippen LogP contribution in [0.25, 0.3) is 0 Å². The Hall–Kier alpha value is -1.18. The highest BCUT2D eigenvalue weighted by molar-refractivity contribution is 7.13. The van der Waals surface area contributed by atoms with Gasteiger partial charge < -0.3 is 20.0 Å². The zero-order valence-electron chi connectivity index (χ0n) is 12.5. The lowest BCUT2D eigenvalue weighted by Gasteiger charge is -2.33. The first-order valence-electron chi connectivity index (χ1n) is 7.70. The molecule has 21 heavy (non-hydrogen) atoms. The fourth-order valence-corrected chi connectivity index (χ4v) is 3.65. The van der Waals surface area contributed by atoms with E-state index in [9.17, 15) is 4.79 Å². The number of carbonyl (C=O) groups excluding carboxylic acids is 1. The first-order chi connectivity index (χ1) is 10.3. The number of piperazine rings is 2. The summed E-state index contributed by atoms with van der Waals surface area (Å²) in [4.78, 5) is 23.6. The van der Waals surface area contributed by atoms with Crippen LogP contribution in [0.1, 0.15) is 17.4 Å². The van der Waals surface area contributed by atoms with Crippen molar-refractivity contribution in [3.8, 4) is 0 Å². The van der Waals surface area contributed by atoms with E-state index in [4.69, 9.17) is 0 Å². The number of hydrogen-bond acceptors (Lipinski definition) is 6. The molecule has 0 unspecified atom stereocenters. The average molecular weight is 309 g/mol. The fraction of sp³-hybridized carbons (Fsp3) is 0.714. The number of aromatic nitrogens is 1. The number of rotatable bonds is 3. The molecule has 2 aliphatic rings. The Labute approximate surface area is 129 Å². The second-order valence-corrected chi connectivity index (χ2v) is 6.32.